The predicted octanol–water partition coefficient (Wildman–Crippen LogP) is 2.30. The van der Waals surface area contributed by atoms with Gasteiger partial charge in [0.2, 0.25) is 5.89 Å². The molecule has 0 aliphatic heterocycles. The van der Waals surface area contributed by atoms with Gasteiger partial charge < -0.3 is 14.7 Å². The monoisotopic (exact) mass is 282 g/mol. The summed E-state index contributed by atoms with van der Waals surface area (Å²) in [5.74, 6) is 2.31. The van der Waals surface area contributed by atoms with Gasteiger partial charge in [-0.05, 0) is 39.9 Å². The zero-order chi connectivity index (χ0) is 15.1. The van der Waals surface area contributed by atoms with Crippen molar-refractivity contribution in [2.24, 2.45) is 5.92 Å². The predicted molar refractivity (Wildman–Crippen MR) is 81.9 cm³/mol. The third kappa shape index (κ3) is 5.21. The van der Waals surface area contributed by atoms with Crippen LogP contribution in [-0.4, -0.2) is 48.3 Å². The fourth-order valence-electron chi connectivity index (χ4n) is 2.40. The molecule has 0 fully saturated rings. The van der Waals surface area contributed by atoms with E-state index < -0.39 is 0 Å². The molecule has 20 heavy (non-hydrogen) atoms. The van der Waals surface area contributed by atoms with Gasteiger partial charge in [0.15, 0.2) is 5.82 Å². The van der Waals surface area contributed by atoms with Crippen molar-refractivity contribution in [1.29, 1.82) is 0 Å². The molecule has 0 saturated carbocycles. The van der Waals surface area contributed by atoms with E-state index in [4.69, 9.17) is 4.52 Å². The van der Waals surface area contributed by atoms with Gasteiger partial charge in [-0.2, -0.15) is 4.98 Å². The van der Waals surface area contributed by atoms with Crippen LogP contribution in [0.25, 0.3) is 0 Å². The normalized spacial score (nSPS) is 15.0. The highest BCUT2D eigenvalue weighted by Gasteiger charge is 2.27. The topological polar surface area (TPSA) is 54.2 Å². The van der Waals surface area contributed by atoms with Gasteiger partial charge in [-0.3, -0.25) is 0 Å². The first-order valence-electron chi connectivity index (χ1n) is 7.66. The second-order valence-electron chi connectivity index (χ2n) is 6.11. The van der Waals surface area contributed by atoms with Crippen LogP contribution in [-0.2, 0) is 6.42 Å². The van der Waals surface area contributed by atoms with Crippen molar-refractivity contribution in [1.82, 2.24) is 20.4 Å². The van der Waals surface area contributed by atoms with Gasteiger partial charge in [-0.15, -0.1) is 0 Å². The number of nitrogens with zero attached hydrogens (tertiary/aromatic N) is 3. The average Bonchev–Trinajstić information content (AvgIpc) is 2.82. The van der Waals surface area contributed by atoms with Crippen molar-refractivity contribution in [3.05, 3.63) is 11.7 Å². The first kappa shape index (κ1) is 17.1. The van der Waals surface area contributed by atoms with E-state index in [-0.39, 0.29) is 5.92 Å². The van der Waals surface area contributed by atoms with Gasteiger partial charge in [0.25, 0.3) is 0 Å². The Hall–Kier alpha value is -0.940. The minimum Gasteiger partial charge on any atom is -0.339 e. The van der Waals surface area contributed by atoms with Gasteiger partial charge in [0.05, 0.1) is 5.92 Å². The summed E-state index contributed by atoms with van der Waals surface area (Å²) in [6.07, 6.45) is 1.96. The molecule has 0 amide bonds. The summed E-state index contributed by atoms with van der Waals surface area (Å²) in [6.45, 7) is 10.7. The Labute approximate surface area is 123 Å². The quantitative estimate of drug-likeness (QED) is 0.753. The number of likely N-dealkylation sites (N-methyl/N-ethyl adjacent to an activating group) is 1. The van der Waals surface area contributed by atoms with Crippen LogP contribution in [0.3, 0.4) is 0 Å². The number of aromatic nitrogens is 2. The zero-order valence-electron chi connectivity index (χ0n) is 13.8. The number of rotatable bonds is 9. The number of nitrogens with one attached hydrogen (secondary N) is 1. The van der Waals surface area contributed by atoms with Gasteiger partial charge >= 0.3 is 0 Å². The maximum Gasteiger partial charge on any atom is 0.231 e. The second-order valence-corrected chi connectivity index (χ2v) is 6.11. The van der Waals surface area contributed by atoms with Crippen LogP contribution >= 0.6 is 0 Å². The standard InChI is InChI=1S/C15H30N4O/c1-7-9-16-12(4)14(11(2)3)15-17-13(18-20-15)8-10-19(5)6/h11-12,14,16H,7-10H2,1-6H3. The van der Waals surface area contributed by atoms with Crippen molar-refractivity contribution < 1.29 is 4.52 Å². The Morgan fingerprint density at radius 1 is 1.25 bits per heavy atom. The fraction of sp³-hybridized carbons (Fsp3) is 0.867. The molecule has 0 spiro atoms. The Morgan fingerprint density at radius 3 is 2.50 bits per heavy atom. The van der Waals surface area contributed by atoms with Crippen molar-refractivity contribution in [3.63, 3.8) is 0 Å². The average molecular weight is 282 g/mol. The SMILES string of the molecule is CCCNC(C)C(c1nc(CCN(C)C)no1)C(C)C. The minimum absolute atomic E-state index is 0.266. The van der Waals surface area contributed by atoms with E-state index in [0.717, 1.165) is 37.6 Å². The molecule has 2 atom stereocenters. The molecule has 116 valence electrons. The highest BCUT2D eigenvalue weighted by atomic mass is 16.5. The van der Waals surface area contributed by atoms with Gasteiger partial charge in [-0.1, -0.05) is 25.9 Å². The molecule has 0 aliphatic carbocycles. The van der Waals surface area contributed by atoms with Gasteiger partial charge in [0.1, 0.15) is 0 Å². The van der Waals surface area contributed by atoms with E-state index in [1.807, 2.05) is 0 Å². The molecule has 1 heterocycles. The molecule has 0 bridgehead atoms. The molecule has 0 saturated heterocycles. The van der Waals surface area contributed by atoms with Crippen LogP contribution in [0.2, 0.25) is 0 Å². The first-order valence-corrected chi connectivity index (χ1v) is 7.66. The zero-order valence-corrected chi connectivity index (χ0v) is 13.8. The summed E-state index contributed by atoms with van der Waals surface area (Å²) in [6, 6.07) is 0.345. The highest BCUT2D eigenvalue weighted by Crippen LogP contribution is 2.26. The summed E-state index contributed by atoms with van der Waals surface area (Å²) >= 11 is 0. The Bertz CT molecular complexity index is 376. The molecule has 0 aromatic carbocycles. The van der Waals surface area contributed by atoms with Crippen LogP contribution in [0, 0.1) is 5.92 Å². The fourth-order valence-corrected chi connectivity index (χ4v) is 2.40. The molecular weight excluding hydrogens is 252 g/mol. The first-order chi connectivity index (χ1) is 9.45. The van der Waals surface area contributed by atoms with Crippen molar-refractivity contribution in [2.75, 3.05) is 27.2 Å². The van der Waals surface area contributed by atoms with Crippen LogP contribution in [0.1, 0.15) is 51.7 Å². The van der Waals surface area contributed by atoms with Crippen molar-refractivity contribution in [3.8, 4) is 0 Å². The van der Waals surface area contributed by atoms with E-state index in [1.165, 1.54) is 0 Å². The molecule has 0 aliphatic rings. The van der Waals surface area contributed by atoms with E-state index in [2.05, 4.69) is 62.1 Å². The second kappa shape index (κ2) is 8.37. The number of hydrogen-bond acceptors (Lipinski definition) is 5. The summed E-state index contributed by atoms with van der Waals surface area (Å²) in [7, 11) is 4.10. The third-order valence-corrected chi connectivity index (χ3v) is 3.52. The lowest BCUT2D eigenvalue weighted by atomic mass is 9.89. The summed E-state index contributed by atoms with van der Waals surface area (Å²) in [4.78, 5) is 6.71. The van der Waals surface area contributed by atoms with E-state index in [9.17, 15) is 0 Å². The molecule has 1 N–H and O–H groups in total. The van der Waals surface area contributed by atoms with E-state index >= 15 is 0 Å². The maximum absolute atomic E-state index is 5.50. The third-order valence-electron chi connectivity index (χ3n) is 3.52. The summed E-state index contributed by atoms with van der Waals surface area (Å²) in [5, 5.41) is 7.65. The highest BCUT2D eigenvalue weighted by molar-refractivity contribution is 5.00. The lowest BCUT2D eigenvalue weighted by Crippen LogP contribution is -2.35. The minimum atomic E-state index is 0.266. The van der Waals surface area contributed by atoms with Gasteiger partial charge in [0, 0.05) is 19.0 Å². The Kier molecular flexibility index (Phi) is 7.16. The van der Waals surface area contributed by atoms with Crippen LogP contribution in [0.15, 0.2) is 4.52 Å². The molecule has 1 aromatic rings. The number of hydrogen-bond donors (Lipinski definition) is 1. The van der Waals surface area contributed by atoms with Crippen molar-refractivity contribution >= 4 is 0 Å². The maximum atomic E-state index is 5.50. The van der Waals surface area contributed by atoms with E-state index in [1.54, 1.807) is 0 Å². The van der Waals surface area contributed by atoms with E-state index in [0.29, 0.717) is 12.0 Å². The lowest BCUT2D eigenvalue weighted by Gasteiger charge is -2.25. The molecule has 5 heteroatoms. The van der Waals surface area contributed by atoms with Crippen LogP contribution < -0.4 is 5.32 Å². The molecule has 1 rings (SSSR count). The molecule has 5 nitrogen and oxygen atoms in total. The molecule has 0 radical (unpaired) electrons. The molecule has 2 unspecified atom stereocenters. The molecular formula is C15H30N4O. The van der Waals surface area contributed by atoms with Crippen molar-refractivity contribution in [2.45, 2.75) is 52.5 Å². The summed E-state index contributed by atoms with van der Waals surface area (Å²) in [5.41, 5.74) is 0. The van der Waals surface area contributed by atoms with Crippen LogP contribution in [0.5, 0.6) is 0 Å². The lowest BCUT2D eigenvalue weighted by molar-refractivity contribution is 0.278. The summed E-state index contributed by atoms with van der Waals surface area (Å²) < 4.78 is 5.50. The largest absolute Gasteiger partial charge is 0.339 e. The van der Waals surface area contributed by atoms with Crippen LogP contribution in [0.4, 0.5) is 0 Å². The molecule has 1 aromatic heterocycles. The smallest absolute Gasteiger partial charge is 0.231 e. The van der Waals surface area contributed by atoms with Gasteiger partial charge in [-0.25, -0.2) is 0 Å². The Balaban J connectivity index is 2.71. The Morgan fingerprint density at radius 2 is 1.95 bits per heavy atom.